The maximum atomic E-state index is 11.3. The number of aryl methyl sites for hydroxylation is 1. The zero-order chi connectivity index (χ0) is 23.5. The number of aromatic nitrogens is 4. The van der Waals surface area contributed by atoms with Gasteiger partial charge in [-0.2, -0.15) is 10.1 Å². The van der Waals surface area contributed by atoms with Gasteiger partial charge in [0.2, 0.25) is 5.95 Å². The van der Waals surface area contributed by atoms with Gasteiger partial charge in [0.1, 0.15) is 12.5 Å². The Morgan fingerprint density at radius 1 is 1.38 bits per heavy atom. The van der Waals surface area contributed by atoms with Crippen LogP contribution in [-0.4, -0.2) is 76.7 Å². The van der Waals surface area contributed by atoms with E-state index < -0.39 is 14.2 Å². The molecule has 1 atom stereocenters. The molecule has 0 aromatic carbocycles. The third-order valence-electron chi connectivity index (χ3n) is 5.82. The number of likely N-dealkylation sites (N-methyl/N-ethyl adjacent to an activating group) is 1. The molecule has 32 heavy (non-hydrogen) atoms. The first-order valence-corrected chi connectivity index (χ1v) is 14.8. The van der Waals surface area contributed by atoms with Gasteiger partial charge in [-0.15, -0.1) is 0 Å². The van der Waals surface area contributed by atoms with Crippen LogP contribution in [0.25, 0.3) is 11.4 Å². The number of amides is 1. The van der Waals surface area contributed by atoms with Gasteiger partial charge in [0.25, 0.3) is 0 Å². The van der Waals surface area contributed by atoms with E-state index in [-0.39, 0.29) is 12.0 Å². The van der Waals surface area contributed by atoms with Crippen LogP contribution in [0.1, 0.15) is 18.9 Å². The number of ether oxygens (including phenoxy) is 1. The second-order valence-electron chi connectivity index (χ2n) is 9.47. The van der Waals surface area contributed by atoms with Gasteiger partial charge < -0.3 is 25.4 Å². The fourth-order valence-corrected chi connectivity index (χ4v) is 4.52. The second-order valence-corrected chi connectivity index (χ2v) is 15.1. The van der Waals surface area contributed by atoms with Crippen LogP contribution in [0.4, 0.5) is 16.6 Å². The zero-order valence-corrected chi connectivity index (χ0v) is 20.7. The molecule has 0 radical (unpaired) electrons. The summed E-state index contributed by atoms with van der Waals surface area (Å²) in [4.78, 5) is 23.6. The number of nitrogens with zero attached hydrogens (tertiary/aromatic N) is 6. The van der Waals surface area contributed by atoms with Crippen molar-refractivity contribution in [2.45, 2.75) is 58.2 Å². The molecule has 176 valence electrons. The van der Waals surface area contributed by atoms with Crippen molar-refractivity contribution in [3.63, 3.8) is 0 Å². The van der Waals surface area contributed by atoms with E-state index in [2.05, 4.69) is 46.5 Å². The maximum Gasteiger partial charge on any atom is 0.407 e. The Labute approximate surface area is 190 Å². The minimum Gasteiger partial charge on any atom is -0.465 e. The summed E-state index contributed by atoms with van der Waals surface area (Å²) >= 11 is 0. The minimum atomic E-state index is -1.16. The molecule has 3 N–H and O–H groups in total. The fourth-order valence-electron chi connectivity index (χ4n) is 3.76. The predicted molar refractivity (Wildman–Crippen MR) is 128 cm³/mol. The van der Waals surface area contributed by atoms with Gasteiger partial charge in [-0.1, -0.05) is 26.6 Å². The lowest BCUT2D eigenvalue weighted by atomic mass is 10.1. The average molecular weight is 462 g/mol. The molecule has 2 aromatic heterocycles. The first-order valence-electron chi connectivity index (χ1n) is 11.1. The van der Waals surface area contributed by atoms with Crippen LogP contribution in [-0.2, 0) is 17.9 Å². The van der Waals surface area contributed by atoms with E-state index in [1.807, 2.05) is 16.9 Å². The highest BCUT2D eigenvalue weighted by Gasteiger charge is 2.29. The van der Waals surface area contributed by atoms with Crippen LogP contribution in [0, 0.1) is 0 Å². The molecule has 3 rings (SSSR count). The van der Waals surface area contributed by atoms with E-state index >= 15 is 0 Å². The Kier molecular flexibility index (Phi) is 7.39. The van der Waals surface area contributed by atoms with Crippen LogP contribution in [0.15, 0.2) is 12.3 Å². The van der Waals surface area contributed by atoms with E-state index in [0.717, 1.165) is 30.1 Å². The molecule has 0 spiro atoms. The van der Waals surface area contributed by atoms with Gasteiger partial charge >= 0.3 is 6.09 Å². The first-order chi connectivity index (χ1) is 15.1. The highest BCUT2D eigenvalue weighted by atomic mass is 28.3. The Morgan fingerprint density at radius 3 is 2.78 bits per heavy atom. The molecule has 1 aliphatic rings. The van der Waals surface area contributed by atoms with Gasteiger partial charge in [-0.3, -0.25) is 0 Å². The number of nitrogens with two attached hydrogens (primary N) is 1. The topological polar surface area (TPSA) is 123 Å². The van der Waals surface area contributed by atoms with Crippen molar-refractivity contribution in [2.75, 3.05) is 37.4 Å². The number of nitrogen functional groups attached to an aromatic ring is 1. The van der Waals surface area contributed by atoms with Crippen LogP contribution >= 0.6 is 0 Å². The molecule has 2 aromatic rings. The molecule has 1 fully saturated rings. The number of anilines is 2. The zero-order valence-electron chi connectivity index (χ0n) is 19.7. The summed E-state index contributed by atoms with van der Waals surface area (Å²) in [6, 6.07) is 2.92. The van der Waals surface area contributed by atoms with Crippen molar-refractivity contribution < 1.29 is 14.6 Å². The molecule has 1 amide bonds. The lowest BCUT2D eigenvalue weighted by molar-refractivity contribution is 0.0797. The van der Waals surface area contributed by atoms with Crippen LogP contribution in [0.3, 0.4) is 0 Å². The largest absolute Gasteiger partial charge is 0.465 e. The smallest absolute Gasteiger partial charge is 0.407 e. The summed E-state index contributed by atoms with van der Waals surface area (Å²) in [5.74, 6) is 0.880. The fraction of sp³-hybridized carbons (Fsp3) is 0.619. The molecule has 0 bridgehead atoms. The Bertz CT molecular complexity index is 944. The van der Waals surface area contributed by atoms with Gasteiger partial charge in [0, 0.05) is 40.9 Å². The number of hydrogen-bond donors (Lipinski definition) is 2. The van der Waals surface area contributed by atoms with Crippen LogP contribution < -0.4 is 10.6 Å². The molecule has 0 aliphatic carbocycles. The Morgan fingerprint density at radius 2 is 2.12 bits per heavy atom. The van der Waals surface area contributed by atoms with Crippen molar-refractivity contribution in [1.82, 2.24) is 24.6 Å². The molecule has 3 heterocycles. The molecule has 1 aliphatic heterocycles. The monoisotopic (exact) mass is 461 g/mol. The molecule has 1 saturated heterocycles. The normalized spacial score (nSPS) is 16.5. The summed E-state index contributed by atoms with van der Waals surface area (Å²) in [5.41, 5.74) is 8.72. The number of hydrogen-bond acceptors (Lipinski definition) is 7. The Balaban J connectivity index is 1.82. The second kappa shape index (κ2) is 9.86. The summed E-state index contributed by atoms with van der Waals surface area (Å²) < 4.78 is 7.76. The first kappa shape index (κ1) is 24.0. The summed E-state index contributed by atoms with van der Waals surface area (Å²) in [6.07, 6.45) is 2.47. The van der Waals surface area contributed by atoms with Crippen molar-refractivity contribution in [2.24, 2.45) is 0 Å². The van der Waals surface area contributed by atoms with E-state index in [9.17, 15) is 9.90 Å². The summed E-state index contributed by atoms with van der Waals surface area (Å²) in [6.45, 7) is 11.4. The van der Waals surface area contributed by atoms with Gasteiger partial charge in [0.15, 0.2) is 0 Å². The number of carbonyl (C=O) groups is 1. The summed E-state index contributed by atoms with van der Waals surface area (Å²) in [5, 5.41) is 13.8. The maximum absolute atomic E-state index is 11.3. The quantitative estimate of drug-likeness (QED) is 0.432. The van der Waals surface area contributed by atoms with Gasteiger partial charge in [-0.25, -0.2) is 14.5 Å². The lowest BCUT2D eigenvalue weighted by Gasteiger charge is -2.23. The number of rotatable bonds is 9. The van der Waals surface area contributed by atoms with Crippen LogP contribution in [0.5, 0.6) is 0 Å². The minimum absolute atomic E-state index is 0.0800. The van der Waals surface area contributed by atoms with E-state index in [1.54, 1.807) is 7.05 Å². The highest BCUT2D eigenvalue weighted by Crippen LogP contribution is 2.29. The van der Waals surface area contributed by atoms with Crippen molar-refractivity contribution in [3.05, 3.63) is 17.8 Å². The SMILES string of the molecule is CCc1cnn(COCC[Si](C)(C)C)c1-c1cc(N2CCC(N(C)C(=O)O)C2)nc(N)n1. The van der Waals surface area contributed by atoms with Crippen LogP contribution in [0.2, 0.25) is 25.7 Å². The molecule has 0 saturated carbocycles. The van der Waals surface area contributed by atoms with Crippen molar-refractivity contribution >= 4 is 25.9 Å². The Hall–Kier alpha value is -2.66. The van der Waals surface area contributed by atoms with Gasteiger partial charge in [0.05, 0.1) is 23.6 Å². The highest BCUT2D eigenvalue weighted by molar-refractivity contribution is 6.76. The molecule has 10 nitrogen and oxygen atoms in total. The average Bonchev–Trinajstić information content (AvgIpc) is 3.36. The van der Waals surface area contributed by atoms with E-state index in [1.165, 1.54) is 4.90 Å². The predicted octanol–water partition coefficient (Wildman–Crippen LogP) is 2.99. The van der Waals surface area contributed by atoms with Gasteiger partial charge in [-0.05, 0) is 24.4 Å². The van der Waals surface area contributed by atoms with E-state index in [4.69, 9.17) is 10.5 Å². The lowest BCUT2D eigenvalue weighted by Crippen LogP contribution is -2.38. The number of carboxylic acid groups (broad SMARTS) is 1. The van der Waals surface area contributed by atoms with E-state index in [0.29, 0.717) is 37.9 Å². The molecule has 11 heteroatoms. The molecular formula is C21H35N7O3Si. The van der Waals surface area contributed by atoms with Crippen molar-refractivity contribution in [3.8, 4) is 11.4 Å². The third kappa shape index (κ3) is 5.77. The third-order valence-corrected chi connectivity index (χ3v) is 7.52. The van der Waals surface area contributed by atoms with Crippen molar-refractivity contribution in [1.29, 1.82) is 0 Å². The molecule has 1 unspecified atom stereocenters. The molecular weight excluding hydrogens is 426 g/mol. The standard InChI is InChI=1S/C21H35N7O3Si/c1-6-15-12-23-28(14-31-9-10-32(3,4)5)19(15)17-11-18(25-20(22)24-17)27-8-7-16(13-27)26(2)21(29)30/h11-12,16H,6-10,13-14H2,1-5H3,(H,29,30)(H2,22,24,25). The summed E-state index contributed by atoms with van der Waals surface area (Å²) in [7, 11) is 0.438.